The van der Waals surface area contributed by atoms with E-state index in [0.717, 1.165) is 41.2 Å². The summed E-state index contributed by atoms with van der Waals surface area (Å²) in [5.41, 5.74) is 8.48. The number of rotatable bonds is 10. The Balaban J connectivity index is 1.42. The molecule has 208 valence electrons. The van der Waals surface area contributed by atoms with Gasteiger partial charge in [-0.2, -0.15) is 5.26 Å². The van der Waals surface area contributed by atoms with Crippen LogP contribution in [0.5, 0.6) is 23.0 Å². The van der Waals surface area contributed by atoms with E-state index in [0.29, 0.717) is 35.2 Å². The molecule has 41 heavy (non-hydrogen) atoms. The van der Waals surface area contributed by atoms with Gasteiger partial charge in [-0.25, -0.2) is 4.79 Å². The van der Waals surface area contributed by atoms with Gasteiger partial charge in [0.1, 0.15) is 23.1 Å². The van der Waals surface area contributed by atoms with E-state index in [2.05, 4.69) is 13.0 Å². The number of carbonyl (C=O) groups excluding carboxylic acids is 1. The second-order valence-electron chi connectivity index (χ2n) is 9.86. The molecular weight excluding hydrogens is 516 g/mol. The van der Waals surface area contributed by atoms with Crippen molar-refractivity contribution in [2.24, 2.45) is 5.73 Å². The molecule has 4 aromatic rings. The maximum Gasteiger partial charge on any atom is 0.344 e. The maximum atomic E-state index is 13.1. The second-order valence-corrected chi connectivity index (χ2v) is 9.86. The van der Waals surface area contributed by atoms with Gasteiger partial charge in [-0.1, -0.05) is 74.7 Å². The number of ether oxygens (including phenoxy) is 4. The van der Waals surface area contributed by atoms with Gasteiger partial charge in [0.25, 0.3) is 0 Å². The molecule has 2 N–H and O–H groups in total. The minimum atomic E-state index is -0.501. The zero-order valence-electron chi connectivity index (χ0n) is 23.2. The summed E-state index contributed by atoms with van der Waals surface area (Å²) in [5, 5.41) is 11.7. The highest BCUT2D eigenvalue weighted by molar-refractivity contribution is 6.05. The number of allylic oxidation sites excluding steroid dienone is 1. The molecule has 0 amide bonds. The maximum absolute atomic E-state index is 13.1. The van der Waals surface area contributed by atoms with Crippen LogP contribution in [0.15, 0.2) is 90.3 Å². The van der Waals surface area contributed by atoms with E-state index >= 15 is 0 Å². The smallest absolute Gasteiger partial charge is 0.344 e. The topological polar surface area (TPSA) is 104 Å². The summed E-state index contributed by atoms with van der Waals surface area (Å²) in [6.45, 7) is 2.78. The third kappa shape index (κ3) is 5.82. The predicted octanol–water partition coefficient (Wildman–Crippen LogP) is 7.24. The van der Waals surface area contributed by atoms with Crippen molar-refractivity contribution >= 4 is 16.7 Å². The number of carbonyl (C=O) groups is 1. The molecule has 0 aromatic heterocycles. The Morgan fingerprint density at radius 1 is 0.976 bits per heavy atom. The molecule has 7 heteroatoms. The second kappa shape index (κ2) is 12.5. The normalized spacial score (nSPS) is 14.1. The van der Waals surface area contributed by atoms with Crippen LogP contribution in [0.2, 0.25) is 0 Å². The molecule has 1 unspecified atom stereocenters. The lowest BCUT2D eigenvalue weighted by molar-refractivity contribution is 0.0736. The molecule has 0 fully saturated rings. The van der Waals surface area contributed by atoms with Gasteiger partial charge in [0.05, 0.1) is 25.2 Å². The van der Waals surface area contributed by atoms with E-state index in [4.69, 9.17) is 24.7 Å². The number of unbranched alkanes of at least 4 members (excludes halogenated alkanes) is 3. The summed E-state index contributed by atoms with van der Waals surface area (Å²) in [7, 11) is 1.59. The summed E-state index contributed by atoms with van der Waals surface area (Å²) in [5.74, 6) is 0.943. The predicted molar refractivity (Wildman–Crippen MR) is 157 cm³/mol. The molecule has 0 saturated carbocycles. The Bertz CT molecular complexity index is 1650. The first-order chi connectivity index (χ1) is 20.0. The zero-order valence-corrected chi connectivity index (χ0v) is 23.2. The number of esters is 1. The molecular formula is C34H32N2O5. The summed E-state index contributed by atoms with van der Waals surface area (Å²) >= 11 is 0. The molecule has 1 aliphatic heterocycles. The molecule has 7 nitrogen and oxygen atoms in total. The Hall–Kier alpha value is -4.96. The van der Waals surface area contributed by atoms with Crippen molar-refractivity contribution in [1.82, 2.24) is 0 Å². The lowest BCUT2D eigenvalue weighted by atomic mass is 9.83. The van der Waals surface area contributed by atoms with Gasteiger partial charge < -0.3 is 24.7 Å². The van der Waals surface area contributed by atoms with Crippen molar-refractivity contribution in [3.63, 3.8) is 0 Å². The van der Waals surface area contributed by atoms with Gasteiger partial charge in [0, 0.05) is 11.6 Å². The fourth-order valence-corrected chi connectivity index (χ4v) is 5.10. The first-order valence-electron chi connectivity index (χ1n) is 13.8. The quantitative estimate of drug-likeness (QED) is 0.126. The number of hydrogen-bond acceptors (Lipinski definition) is 7. The number of methoxy groups -OCH3 is 1. The van der Waals surface area contributed by atoms with Gasteiger partial charge in [0.2, 0.25) is 5.88 Å². The van der Waals surface area contributed by atoms with Crippen LogP contribution in [0, 0.1) is 11.3 Å². The number of nitrogens with two attached hydrogens (primary N) is 1. The highest BCUT2D eigenvalue weighted by Gasteiger charge is 2.32. The van der Waals surface area contributed by atoms with Crippen molar-refractivity contribution < 1.29 is 23.7 Å². The molecule has 4 aromatic carbocycles. The van der Waals surface area contributed by atoms with Gasteiger partial charge in [0.15, 0.2) is 11.5 Å². The summed E-state index contributed by atoms with van der Waals surface area (Å²) in [4.78, 5) is 13.1. The largest absolute Gasteiger partial charge is 0.493 e. The van der Waals surface area contributed by atoms with Crippen molar-refractivity contribution in [3.8, 4) is 29.1 Å². The third-order valence-electron chi connectivity index (χ3n) is 7.19. The molecule has 0 saturated heterocycles. The number of nitriles is 1. The van der Waals surface area contributed by atoms with Gasteiger partial charge in [-0.05, 0) is 47.0 Å². The van der Waals surface area contributed by atoms with E-state index in [-0.39, 0.29) is 11.5 Å². The summed E-state index contributed by atoms with van der Waals surface area (Å²) in [6.07, 6.45) is 4.43. The van der Waals surface area contributed by atoms with Crippen LogP contribution in [-0.4, -0.2) is 19.7 Å². The van der Waals surface area contributed by atoms with Crippen LogP contribution in [0.3, 0.4) is 0 Å². The third-order valence-corrected chi connectivity index (χ3v) is 7.19. The molecule has 1 heterocycles. The summed E-state index contributed by atoms with van der Waals surface area (Å²) in [6, 6.07) is 26.1. The van der Waals surface area contributed by atoms with Gasteiger partial charge >= 0.3 is 5.97 Å². The van der Waals surface area contributed by atoms with Crippen LogP contribution in [0.25, 0.3) is 10.8 Å². The van der Waals surface area contributed by atoms with Crippen LogP contribution < -0.4 is 24.7 Å². The van der Waals surface area contributed by atoms with Crippen molar-refractivity contribution in [1.29, 1.82) is 5.26 Å². The van der Waals surface area contributed by atoms with E-state index in [1.54, 1.807) is 31.4 Å². The molecule has 0 radical (unpaired) electrons. The number of fused-ring (bicyclic) bond motifs is 2. The lowest BCUT2D eigenvalue weighted by Crippen LogP contribution is -2.21. The number of hydrogen-bond donors (Lipinski definition) is 1. The first kappa shape index (κ1) is 27.6. The molecule has 0 bridgehead atoms. The number of benzene rings is 4. The molecule has 5 rings (SSSR count). The Morgan fingerprint density at radius 3 is 2.61 bits per heavy atom. The Kier molecular flexibility index (Phi) is 8.40. The van der Waals surface area contributed by atoms with E-state index in [1.807, 2.05) is 54.6 Å². The summed E-state index contributed by atoms with van der Waals surface area (Å²) < 4.78 is 23.2. The monoisotopic (exact) mass is 548 g/mol. The average Bonchev–Trinajstić information content (AvgIpc) is 3.00. The molecule has 1 aliphatic rings. The molecule has 0 aliphatic carbocycles. The number of nitrogens with zero attached hydrogens (tertiary/aromatic N) is 1. The fourth-order valence-electron chi connectivity index (χ4n) is 5.10. The lowest BCUT2D eigenvalue weighted by Gasteiger charge is -2.27. The van der Waals surface area contributed by atoms with E-state index in [1.165, 1.54) is 6.42 Å². The fraction of sp³-hybridized carbons (Fsp3) is 0.235. The zero-order chi connectivity index (χ0) is 28.8. The Morgan fingerprint density at radius 2 is 1.80 bits per heavy atom. The van der Waals surface area contributed by atoms with Crippen LogP contribution in [0.4, 0.5) is 0 Å². The van der Waals surface area contributed by atoms with Crippen molar-refractivity contribution in [3.05, 3.63) is 107 Å². The van der Waals surface area contributed by atoms with E-state index in [9.17, 15) is 10.1 Å². The van der Waals surface area contributed by atoms with Gasteiger partial charge in [-0.15, -0.1) is 0 Å². The van der Waals surface area contributed by atoms with Crippen molar-refractivity contribution in [2.75, 3.05) is 13.7 Å². The average molecular weight is 549 g/mol. The minimum absolute atomic E-state index is 0.00209. The SMILES string of the molecule is CCCCCCOc1ccc(C2C(C#N)=C(N)Oc3cc(OC(=O)c4cccc5ccccc45)ccc32)cc1OC. The van der Waals surface area contributed by atoms with Crippen LogP contribution >= 0.6 is 0 Å². The minimum Gasteiger partial charge on any atom is -0.493 e. The van der Waals surface area contributed by atoms with Crippen LogP contribution in [0.1, 0.15) is 60.0 Å². The molecule has 1 atom stereocenters. The van der Waals surface area contributed by atoms with Gasteiger partial charge in [-0.3, -0.25) is 0 Å². The highest BCUT2D eigenvalue weighted by atomic mass is 16.5. The molecule has 0 spiro atoms. The first-order valence-corrected chi connectivity index (χ1v) is 13.8. The standard InChI is InChI=1S/C34H32N2O5/c1-3-4-5-8-18-39-29-17-14-23(19-31(29)38-2)32-27-16-15-24(20-30(27)41-33(36)28(32)21-35)40-34(37)26-13-9-11-22-10-6-7-12-25(22)26/h6-7,9-17,19-20,32H,3-5,8,18,36H2,1-2H3. The van der Waals surface area contributed by atoms with E-state index < -0.39 is 11.9 Å². The Labute approximate surface area is 239 Å². The van der Waals surface area contributed by atoms with Crippen LogP contribution in [-0.2, 0) is 0 Å². The van der Waals surface area contributed by atoms with Crippen molar-refractivity contribution in [2.45, 2.75) is 38.5 Å². The highest BCUT2D eigenvalue weighted by Crippen LogP contribution is 2.45.